The first-order chi connectivity index (χ1) is 10.2. The summed E-state index contributed by atoms with van der Waals surface area (Å²) in [6.07, 6.45) is 1.75. The second kappa shape index (κ2) is 11.6. The molecule has 0 bridgehead atoms. The average molecular weight is 286 g/mol. The molecule has 0 spiro atoms. The maximum Gasteiger partial charge on any atom is 0.119 e. The molecule has 0 aromatic heterocycles. The van der Waals surface area contributed by atoms with Crippen molar-refractivity contribution in [2.24, 2.45) is 0 Å². The molecule has 0 fully saturated rings. The Morgan fingerprint density at radius 2 is 1.33 bits per heavy atom. The molecule has 2 rings (SSSR count). The Balaban J connectivity index is 0.000000713. The number of methoxy groups -OCH3 is 2. The number of hydrogen-bond donors (Lipinski definition) is 0. The number of hydrogen-bond acceptors (Lipinski definition) is 2. The van der Waals surface area contributed by atoms with E-state index in [2.05, 4.69) is 12.6 Å². The second-order valence-corrected chi connectivity index (χ2v) is 3.87. The normalized spacial score (nSPS) is 8.43. The van der Waals surface area contributed by atoms with Crippen LogP contribution in [0.1, 0.15) is 20.8 Å². The minimum absolute atomic E-state index is 0.867. The Morgan fingerprint density at radius 1 is 0.810 bits per heavy atom. The smallest absolute Gasteiger partial charge is 0.119 e. The third-order valence-electron chi connectivity index (χ3n) is 2.49. The molecule has 2 nitrogen and oxygen atoms in total. The van der Waals surface area contributed by atoms with Gasteiger partial charge in [-0.25, -0.2) is 0 Å². The maximum absolute atomic E-state index is 5.20. The molecule has 0 saturated heterocycles. The first-order valence-corrected chi connectivity index (χ1v) is 7.10. The van der Waals surface area contributed by atoms with Crippen LogP contribution >= 0.6 is 0 Å². The Morgan fingerprint density at radius 3 is 1.81 bits per heavy atom. The van der Waals surface area contributed by atoms with Crippen LogP contribution in [0.4, 0.5) is 0 Å². The fourth-order valence-electron chi connectivity index (χ4n) is 1.59. The van der Waals surface area contributed by atoms with E-state index in [1.165, 1.54) is 0 Å². The molecule has 0 aliphatic rings. The number of benzene rings is 2. The van der Waals surface area contributed by atoms with Crippen LogP contribution < -0.4 is 9.47 Å². The SMILES string of the molecule is C=CC.CC.COc1ccc(-c2cccc(OC)c2)cc1. The highest BCUT2D eigenvalue weighted by molar-refractivity contribution is 5.65. The Hall–Kier alpha value is -2.22. The molecule has 0 unspecified atom stereocenters. The molecule has 21 heavy (non-hydrogen) atoms. The van der Waals surface area contributed by atoms with Gasteiger partial charge >= 0.3 is 0 Å². The molecule has 0 radical (unpaired) electrons. The van der Waals surface area contributed by atoms with E-state index in [4.69, 9.17) is 9.47 Å². The van der Waals surface area contributed by atoms with Crippen LogP contribution in [0.3, 0.4) is 0 Å². The van der Waals surface area contributed by atoms with Crippen LogP contribution in [-0.2, 0) is 0 Å². The zero-order valence-corrected chi connectivity index (χ0v) is 13.7. The molecule has 2 aromatic carbocycles. The highest BCUT2D eigenvalue weighted by atomic mass is 16.5. The number of rotatable bonds is 3. The van der Waals surface area contributed by atoms with Gasteiger partial charge in [-0.3, -0.25) is 0 Å². The van der Waals surface area contributed by atoms with Gasteiger partial charge in [0.15, 0.2) is 0 Å². The predicted molar refractivity (Wildman–Crippen MR) is 92.2 cm³/mol. The van der Waals surface area contributed by atoms with Crippen molar-refractivity contribution in [1.29, 1.82) is 0 Å². The number of ether oxygens (including phenoxy) is 2. The molecule has 114 valence electrons. The summed E-state index contributed by atoms with van der Waals surface area (Å²) in [5, 5.41) is 0. The van der Waals surface area contributed by atoms with Crippen molar-refractivity contribution in [2.75, 3.05) is 14.2 Å². The summed E-state index contributed by atoms with van der Waals surface area (Å²) in [5.74, 6) is 1.74. The predicted octanol–water partition coefficient (Wildman–Crippen LogP) is 5.59. The Bertz CT molecular complexity index is 501. The van der Waals surface area contributed by atoms with Gasteiger partial charge in [0.2, 0.25) is 0 Å². The first kappa shape index (κ1) is 18.8. The van der Waals surface area contributed by atoms with Gasteiger partial charge in [0.05, 0.1) is 14.2 Å². The molecule has 2 aromatic rings. The molecule has 0 aliphatic heterocycles. The zero-order chi connectivity index (χ0) is 16.1. The molecule has 0 saturated carbocycles. The fraction of sp³-hybridized carbons (Fsp3) is 0.263. The summed E-state index contributed by atoms with van der Waals surface area (Å²) in [6.45, 7) is 9.25. The van der Waals surface area contributed by atoms with Crippen molar-refractivity contribution in [3.05, 3.63) is 61.2 Å². The van der Waals surface area contributed by atoms with Crippen molar-refractivity contribution in [2.45, 2.75) is 20.8 Å². The van der Waals surface area contributed by atoms with E-state index in [1.54, 1.807) is 20.3 Å². The molecule has 0 aliphatic carbocycles. The molecule has 2 heteroatoms. The van der Waals surface area contributed by atoms with Crippen molar-refractivity contribution in [3.63, 3.8) is 0 Å². The average Bonchev–Trinajstić information content (AvgIpc) is 2.57. The minimum atomic E-state index is 0.867. The van der Waals surface area contributed by atoms with Crippen LogP contribution in [0.25, 0.3) is 11.1 Å². The van der Waals surface area contributed by atoms with Gasteiger partial charge in [-0.1, -0.05) is 44.2 Å². The summed E-state index contributed by atoms with van der Waals surface area (Å²) < 4.78 is 10.3. The lowest BCUT2D eigenvalue weighted by Gasteiger charge is -2.05. The molecule has 0 atom stereocenters. The zero-order valence-electron chi connectivity index (χ0n) is 13.7. The van der Waals surface area contributed by atoms with E-state index in [1.807, 2.05) is 63.2 Å². The maximum atomic E-state index is 5.20. The van der Waals surface area contributed by atoms with E-state index in [9.17, 15) is 0 Å². The van der Waals surface area contributed by atoms with Crippen molar-refractivity contribution in [3.8, 4) is 22.6 Å². The Labute approximate surface area is 129 Å². The van der Waals surface area contributed by atoms with E-state index < -0.39 is 0 Å². The van der Waals surface area contributed by atoms with Crippen molar-refractivity contribution < 1.29 is 9.47 Å². The van der Waals surface area contributed by atoms with Gasteiger partial charge in [0, 0.05) is 0 Å². The minimum Gasteiger partial charge on any atom is -0.497 e. The topological polar surface area (TPSA) is 18.5 Å². The summed E-state index contributed by atoms with van der Waals surface area (Å²) in [6, 6.07) is 16.0. The van der Waals surface area contributed by atoms with Crippen LogP contribution in [0.5, 0.6) is 11.5 Å². The summed E-state index contributed by atoms with van der Waals surface area (Å²) in [4.78, 5) is 0. The lowest BCUT2D eigenvalue weighted by Crippen LogP contribution is -1.85. The molecule has 0 N–H and O–H groups in total. The van der Waals surface area contributed by atoms with E-state index >= 15 is 0 Å². The van der Waals surface area contributed by atoms with E-state index in [-0.39, 0.29) is 0 Å². The van der Waals surface area contributed by atoms with Crippen LogP contribution in [-0.4, -0.2) is 14.2 Å². The lowest BCUT2D eigenvalue weighted by molar-refractivity contribution is 0.414. The Kier molecular flexibility index (Phi) is 10.4. The largest absolute Gasteiger partial charge is 0.497 e. The summed E-state index contributed by atoms with van der Waals surface area (Å²) >= 11 is 0. The van der Waals surface area contributed by atoms with Crippen LogP contribution in [0.2, 0.25) is 0 Å². The standard InChI is InChI=1S/C14H14O2.C3H6.C2H6/c1-15-13-8-6-11(7-9-13)12-4-3-5-14(10-12)16-2;1-3-2;1-2/h3-10H,1-2H3;3H,1H2,2H3;1-2H3. The molecular weight excluding hydrogens is 260 g/mol. The molecular formula is C19H26O2. The number of allylic oxidation sites excluding steroid dienone is 1. The van der Waals surface area contributed by atoms with Crippen molar-refractivity contribution >= 4 is 0 Å². The van der Waals surface area contributed by atoms with Gasteiger partial charge < -0.3 is 9.47 Å². The monoisotopic (exact) mass is 286 g/mol. The summed E-state index contributed by atoms with van der Waals surface area (Å²) in [7, 11) is 3.34. The lowest BCUT2D eigenvalue weighted by atomic mass is 10.1. The third kappa shape index (κ3) is 6.66. The highest BCUT2D eigenvalue weighted by Gasteiger charge is 1.99. The van der Waals surface area contributed by atoms with E-state index in [0.29, 0.717) is 0 Å². The van der Waals surface area contributed by atoms with Gasteiger partial charge in [0.25, 0.3) is 0 Å². The third-order valence-corrected chi connectivity index (χ3v) is 2.49. The van der Waals surface area contributed by atoms with E-state index in [0.717, 1.165) is 22.6 Å². The van der Waals surface area contributed by atoms with Crippen molar-refractivity contribution in [1.82, 2.24) is 0 Å². The first-order valence-electron chi connectivity index (χ1n) is 7.10. The van der Waals surface area contributed by atoms with Gasteiger partial charge in [-0.05, 0) is 42.3 Å². The summed E-state index contributed by atoms with van der Waals surface area (Å²) in [5.41, 5.74) is 2.29. The fourth-order valence-corrected chi connectivity index (χ4v) is 1.59. The van der Waals surface area contributed by atoms with Gasteiger partial charge in [0.1, 0.15) is 11.5 Å². The van der Waals surface area contributed by atoms with Gasteiger partial charge in [-0.15, -0.1) is 6.58 Å². The molecule has 0 amide bonds. The van der Waals surface area contributed by atoms with Gasteiger partial charge in [-0.2, -0.15) is 0 Å². The quantitative estimate of drug-likeness (QED) is 0.685. The van der Waals surface area contributed by atoms with Crippen LogP contribution in [0.15, 0.2) is 61.2 Å². The highest BCUT2D eigenvalue weighted by Crippen LogP contribution is 2.25. The molecule has 0 heterocycles. The second-order valence-electron chi connectivity index (χ2n) is 3.87. The van der Waals surface area contributed by atoms with Crippen LogP contribution in [0, 0.1) is 0 Å².